The van der Waals surface area contributed by atoms with E-state index in [4.69, 9.17) is 21.6 Å². The molecule has 224 valence electrons. The molecule has 1 aromatic carbocycles. The van der Waals surface area contributed by atoms with Gasteiger partial charge in [0.25, 0.3) is 0 Å². The van der Waals surface area contributed by atoms with Crippen molar-refractivity contribution in [1.29, 1.82) is 0 Å². The Morgan fingerprint density at radius 2 is 1.79 bits per heavy atom. The molecular formula is C32H34ClFN6O3. The van der Waals surface area contributed by atoms with E-state index in [1.165, 1.54) is 15.5 Å². The van der Waals surface area contributed by atoms with Gasteiger partial charge in [-0.2, -0.15) is 4.98 Å². The molecule has 1 aliphatic heterocycles. The van der Waals surface area contributed by atoms with Crippen molar-refractivity contribution in [2.45, 2.75) is 71.4 Å². The summed E-state index contributed by atoms with van der Waals surface area (Å²) in [4.78, 5) is 43.8. The van der Waals surface area contributed by atoms with Crippen molar-refractivity contribution in [2.75, 3.05) is 18.0 Å². The standard InChI is InChI=1S/C32H34ClFN6O3/c1-16(2)26-28(17(3)12-25(35-26)20-10-11-20)40-30-22(13-23(33)27(36-30)21-8-6-7-9-24(21)34)29(37-31(40)41)38-14-19(5)39(32(42)43)15-18(38)4/h6-9,12-13,16,18-20H,10-11,14-15H2,1-5H3,(H,42,43)/t18-,19+/m0/s1. The second-order valence-corrected chi connectivity index (χ2v) is 12.4. The van der Waals surface area contributed by atoms with Crippen LogP contribution in [0.1, 0.15) is 69.3 Å². The van der Waals surface area contributed by atoms with Gasteiger partial charge >= 0.3 is 11.8 Å². The molecule has 4 aromatic rings. The number of fused-ring (bicyclic) bond motifs is 1. The molecule has 3 aromatic heterocycles. The van der Waals surface area contributed by atoms with Crippen molar-refractivity contribution in [1.82, 2.24) is 24.4 Å². The molecule has 11 heteroatoms. The van der Waals surface area contributed by atoms with Gasteiger partial charge in [0.1, 0.15) is 11.6 Å². The first kappa shape index (κ1) is 29.0. The Kier molecular flexibility index (Phi) is 7.36. The summed E-state index contributed by atoms with van der Waals surface area (Å²) in [6.45, 7) is 10.3. The summed E-state index contributed by atoms with van der Waals surface area (Å²) >= 11 is 6.80. The molecule has 1 aliphatic carbocycles. The van der Waals surface area contributed by atoms with Crippen LogP contribution in [-0.2, 0) is 0 Å². The lowest BCUT2D eigenvalue weighted by atomic mass is 10.0. The average molecular weight is 605 g/mol. The van der Waals surface area contributed by atoms with Crippen LogP contribution in [-0.4, -0.2) is 60.8 Å². The molecule has 2 aliphatic rings. The molecule has 0 spiro atoms. The number of pyridine rings is 2. The van der Waals surface area contributed by atoms with Crippen molar-refractivity contribution >= 4 is 34.5 Å². The van der Waals surface area contributed by atoms with Crippen molar-refractivity contribution in [3.05, 3.63) is 74.7 Å². The van der Waals surface area contributed by atoms with Gasteiger partial charge in [0.2, 0.25) is 0 Å². The van der Waals surface area contributed by atoms with Crippen LogP contribution in [0.5, 0.6) is 0 Å². The number of hydrogen-bond donors (Lipinski definition) is 1. The van der Waals surface area contributed by atoms with Crippen LogP contribution in [0, 0.1) is 12.7 Å². The lowest BCUT2D eigenvalue weighted by Gasteiger charge is -2.43. The zero-order chi connectivity index (χ0) is 30.7. The minimum atomic E-state index is -0.995. The first-order valence-corrected chi connectivity index (χ1v) is 15.0. The Labute approximate surface area is 254 Å². The number of carbonyl (C=O) groups is 1. The molecule has 0 radical (unpaired) electrons. The highest BCUT2D eigenvalue weighted by molar-refractivity contribution is 6.33. The summed E-state index contributed by atoms with van der Waals surface area (Å²) < 4.78 is 16.5. The van der Waals surface area contributed by atoms with E-state index in [1.807, 2.05) is 45.6 Å². The number of carboxylic acid groups (broad SMARTS) is 1. The quantitative estimate of drug-likeness (QED) is 0.276. The van der Waals surface area contributed by atoms with E-state index in [1.54, 1.807) is 24.3 Å². The molecule has 2 fully saturated rings. The monoisotopic (exact) mass is 604 g/mol. The van der Waals surface area contributed by atoms with Gasteiger partial charge in [-0.3, -0.25) is 4.98 Å². The number of rotatable bonds is 5. The molecule has 4 heterocycles. The summed E-state index contributed by atoms with van der Waals surface area (Å²) in [5.41, 5.74) is 3.43. The Hall–Kier alpha value is -4.05. The minimum absolute atomic E-state index is 0.00247. The smallest absolute Gasteiger partial charge is 0.407 e. The molecule has 6 rings (SSSR count). The van der Waals surface area contributed by atoms with Crippen LogP contribution in [0.25, 0.3) is 28.0 Å². The van der Waals surface area contributed by atoms with E-state index in [-0.39, 0.29) is 46.5 Å². The van der Waals surface area contributed by atoms with Gasteiger partial charge in [-0.05, 0) is 69.4 Å². The van der Waals surface area contributed by atoms with E-state index < -0.39 is 17.6 Å². The first-order valence-electron chi connectivity index (χ1n) is 14.6. The third-order valence-electron chi connectivity index (χ3n) is 8.43. The molecular weight excluding hydrogens is 571 g/mol. The number of nitrogens with zero attached hydrogens (tertiary/aromatic N) is 6. The summed E-state index contributed by atoms with van der Waals surface area (Å²) in [7, 11) is 0. The van der Waals surface area contributed by atoms with Gasteiger partial charge in [0.05, 0.1) is 27.5 Å². The topological polar surface area (TPSA) is 104 Å². The van der Waals surface area contributed by atoms with Crippen molar-refractivity contribution in [3.8, 4) is 16.9 Å². The van der Waals surface area contributed by atoms with Crippen LogP contribution in [0.4, 0.5) is 15.0 Å². The lowest BCUT2D eigenvalue weighted by Crippen LogP contribution is -2.58. The van der Waals surface area contributed by atoms with Gasteiger partial charge in [-0.15, -0.1) is 0 Å². The van der Waals surface area contributed by atoms with E-state index >= 15 is 4.39 Å². The maximum atomic E-state index is 15.0. The van der Waals surface area contributed by atoms with Gasteiger partial charge in [0.15, 0.2) is 5.65 Å². The molecule has 9 nitrogen and oxygen atoms in total. The van der Waals surface area contributed by atoms with Crippen molar-refractivity contribution in [2.24, 2.45) is 0 Å². The van der Waals surface area contributed by atoms with Crippen LogP contribution in [0.15, 0.2) is 41.2 Å². The number of amides is 1. The molecule has 43 heavy (non-hydrogen) atoms. The summed E-state index contributed by atoms with van der Waals surface area (Å²) in [6.07, 6.45) is 1.20. The lowest BCUT2D eigenvalue weighted by molar-refractivity contribution is 0.114. The molecule has 1 amide bonds. The number of aromatic nitrogens is 4. The highest BCUT2D eigenvalue weighted by Crippen LogP contribution is 2.42. The second-order valence-electron chi connectivity index (χ2n) is 12.0. The van der Waals surface area contributed by atoms with E-state index in [0.717, 1.165) is 29.8 Å². The van der Waals surface area contributed by atoms with Crippen molar-refractivity contribution < 1.29 is 14.3 Å². The molecule has 1 saturated carbocycles. The Morgan fingerprint density at radius 1 is 1.07 bits per heavy atom. The van der Waals surface area contributed by atoms with Gasteiger partial charge in [-0.1, -0.05) is 37.6 Å². The number of benzene rings is 1. The average Bonchev–Trinajstić information content (AvgIpc) is 3.80. The Bertz CT molecular complexity index is 1820. The zero-order valence-corrected chi connectivity index (χ0v) is 25.6. The van der Waals surface area contributed by atoms with Crippen LogP contribution < -0.4 is 10.6 Å². The first-order chi connectivity index (χ1) is 20.5. The van der Waals surface area contributed by atoms with Gasteiger partial charge < -0.3 is 14.9 Å². The molecule has 1 N–H and O–H groups in total. The SMILES string of the molecule is Cc1cc(C2CC2)nc(C(C)C)c1-n1c(=O)nc(N2C[C@@H](C)N(C(=O)O)C[C@@H]2C)c2cc(Cl)c(-c3ccccc3F)nc21. The maximum Gasteiger partial charge on any atom is 0.407 e. The van der Waals surface area contributed by atoms with Gasteiger partial charge in [-0.25, -0.2) is 23.5 Å². The maximum absolute atomic E-state index is 15.0. The van der Waals surface area contributed by atoms with Crippen LogP contribution >= 0.6 is 11.6 Å². The normalized spacial score (nSPS) is 19.0. The number of anilines is 1. The Morgan fingerprint density at radius 3 is 2.44 bits per heavy atom. The molecule has 0 bridgehead atoms. The Balaban J connectivity index is 1.65. The molecule has 2 atom stereocenters. The number of piperazine rings is 1. The van der Waals surface area contributed by atoms with Gasteiger partial charge in [0, 0.05) is 42.3 Å². The summed E-state index contributed by atoms with van der Waals surface area (Å²) in [5.74, 6) is 0.302. The second kappa shape index (κ2) is 10.9. The number of hydrogen-bond acceptors (Lipinski definition) is 6. The summed E-state index contributed by atoms with van der Waals surface area (Å²) in [6, 6.07) is 9.34. The van der Waals surface area contributed by atoms with E-state index in [0.29, 0.717) is 29.4 Å². The predicted octanol–water partition coefficient (Wildman–Crippen LogP) is 6.52. The molecule has 1 saturated heterocycles. The highest BCUT2D eigenvalue weighted by atomic mass is 35.5. The van der Waals surface area contributed by atoms with E-state index in [9.17, 15) is 14.7 Å². The van der Waals surface area contributed by atoms with Crippen LogP contribution in [0.2, 0.25) is 5.02 Å². The number of halogens is 2. The third-order valence-corrected chi connectivity index (χ3v) is 8.72. The fourth-order valence-corrected chi connectivity index (χ4v) is 6.31. The van der Waals surface area contributed by atoms with E-state index in [2.05, 4.69) is 4.98 Å². The van der Waals surface area contributed by atoms with Crippen LogP contribution in [0.3, 0.4) is 0 Å². The number of aryl methyl sites for hydroxylation is 1. The fraction of sp³-hybridized carbons (Fsp3) is 0.406. The minimum Gasteiger partial charge on any atom is -0.465 e. The zero-order valence-electron chi connectivity index (χ0n) is 24.8. The third kappa shape index (κ3) is 5.11. The fourth-order valence-electron chi connectivity index (χ4n) is 6.05. The largest absolute Gasteiger partial charge is 0.465 e. The van der Waals surface area contributed by atoms with Crippen molar-refractivity contribution in [3.63, 3.8) is 0 Å². The highest BCUT2D eigenvalue weighted by Gasteiger charge is 2.35. The summed E-state index contributed by atoms with van der Waals surface area (Å²) in [5, 5.41) is 10.4. The molecule has 0 unspecified atom stereocenters. The predicted molar refractivity (Wildman–Crippen MR) is 165 cm³/mol.